The van der Waals surface area contributed by atoms with Gasteiger partial charge in [0.2, 0.25) is 0 Å². The smallest absolute Gasteiger partial charge is 0.407 e. The van der Waals surface area contributed by atoms with E-state index in [0.29, 0.717) is 0 Å². The van der Waals surface area contributed by atoms with Crippen LogP contribution >= 0.6 is 0 Å². The molecule has 0 aromatic heterocycles. The number of benzene rings is 1. The average molecular weight is 225 g/mol. The third-order valence-electron chi connectivity index (χ3n) is 2.86. The molecule has 0 radical (unpaired) electrons. The molecule has 1 fully saturated rings. The standard InChI is InChI=1S/C11H12FNO3/c12-8-3-1-7(2-4-8)9-5-13(11(15)16)6-10(9)14/h1-4,9-10,14H,5-6H2,(H,15,16)/t9-,10+/m1/s1. The highest BCUT2D eigenvalue weighted by Crippen LogP contribution is 2.27. The number of carbonyl (C=O) groups is 1. The fraction of sp³-hybridized carbons (Fsp3) is 0.364. The quantitative estimate of drug-likeness (QED) is 0.756. The second-order valence-electron chi connectivity index (χ2n) is 3.91. The van der Waals surface area contributed by atoms with Crippen LogP contribution in [0.25, 0.3) is 0 Å². The number of halogens is 1. The number of amides is 1. The van der Waals surface area contributed by atoms with Crippen LogP contribution in [0.15, 0.2) is 24.3 Å². The summed E-state index contributed by atoms with van der Waals surface area (Å²) in [6, 6.07) is 5.78. The van der Waals surface area contributed by atoms with Gasteiger partial charge in [-0.1, -0.05) is 12.1 Å². The maximum Gasteiger partial charge on any atom is 0.407 e. The molecule has 2 N–H and O–H groups in total. The zero-order valence-electron chi connectivity index (χ0n) is 8.51. The van der Waals surface area contributed by atoms with E-state index in [2.05, 4.69) is 0 Å². The van der Waals surface area contributed by atoms with Crippen LogP contribution < -0.4 is 0 Å². The Morgan fingerprint density at radius 2 is 1.94 bits per heavy atom. The molecule has 0 aliphatic carbocycles. The number of hydrogen-bond acceptors (Lipinski definition) is 2. The van der Waals surface area contributed by atoms with E-state index in [4.69, 9.17) is 5.11 Å². The van der Waals surface area contributed by atoms with Crippen LogP contribution in [-0.2, 0) is 0 Å². The molecule has 1 aromatic carbocycles. The number of rotatable bonds is 1. The zero-order valence-corrected chi connectivity index (χ0v) is 8.51. The van der Waals surface area contributed by atoms with Crippen LogP contribution in [0.2, 0.25) is 0 Å². The van der Waals surface area contributed by atoms with Gasteiger partial charge in [0.25, 0.3) is 0 Å². The Kier molecular flexibility index (Phi) is 2.78. The molecule has 0 saturated carbocycles. The van der Waals surface area contributed by atoms with Gasteiger partial charge in [0.05, 0.1) is 12.6 Å². The van der Waals surface area contributed by atoms with Gasteiger partial charge in [-0.25, -0.2) is 9.18 Å². The SMILES string of the molecule is O=C(O)N1C[C@H](c2ccc(F)cc2)[C@@H](O)C1. The highest BCUT2D eigenvalue weighted by Gasteiger charge is 2.34. The summed E-state index contributed by atoms with van der Waals surface area (Å²) in [5.74, 6) is -0.608. The summed E-state index contributed by atoms with van der Waals surface area (Å²) in [6.45, 7) is 0.361. The summed E-state index contributed by atoms with van der Waals surface area (Å²) in [6.07, 6.45) is -1.76. The van der Waals surface area contributed by atoms with Gasteiger partial charge in [-0.15, -0.1) is 0 Å². The number of carboxylic acid groups (broad SMARTS) is 1. The molecule has 1 heterocycles. The average Bonchev–Trinajstić information content (AvgIpc) is 2.62. The van der Waals surface area contributed by atoms with E-state index >= 15 is 0 Å². The van der Waals surface area contributed by atoms with Crippen LogP contribution in [0.3, 0.4) is 0 Å². The van der Waals surface area contributed by atoms with Crippen molar-refractivity contribution in [3.8, 4) is 0 Å². The molecule has 1 aliphatic rings. The lowest BCUT2D eigenvalue weighted by molar-refractivity contribution is 0.138. The number of aliphatic hydroxyl groups excluding tert-OH is 1. The molecule has 1 saturated heterocycles. The molecule has 0 spiro atoms. The summed E-state index contributed by atoms with van der Waals surface area (Å²) < 4.78 is 12.7. The summed E-state index contributed by atoms with van der Waals surface area (Å²) in [5.41, 5.74) is 0.762. The number of nitrogens with zero attached hydrogens (tertiary/aromatic N) is 1. The summed E-state index contributed by atoms with van der Waals surface area (Å²) in [4.78, 5) is 11.9. The minimum atomic E-state index is -1.04. The van der Waals surface area contributed by atoms with Crippen molar-refractivity contribution in [2.45, 2.75) is 12.0 Å². The van der Waals surface area contributed by atoms with Gasteiger partial charge in [0.15, 0.2) is 0 Å². The Labute approximate surface area is 91.9 Å². The van der Waals surface area contributed by atoms with Crippen LogP contribution in [0.1, 0.15) is 11.5 Å². The Hall–Kier alpha value is -1.62. The van der Waals surface area contributed by atoms with Crippen molar-refractivity contribution in [2.24, 2.45) is 0 Å². The molecular weight excluding hydrogens is 213 g/mol. The van der Waals surface area contributed by atoms with E-state index < -0.39 is 12.2 Å². The van der Waals surface area contributed by atoms with Gasteiger partial charge in [-0.3, -0.25) is 0 Å². The van der Waals surface area contributed by atoms with Crippen LogP contribution in [0, 0.1) is 5.82 Å². The van der Waals surface area contributed by atoms with Gasteiger partial charge in [-0.05, 0) is 17.7 Å². The van der Waals surface area contributed by atoms with Crippen molar-refractivity contribution in [1.29, 1.82) is 0 Å². The van der Waals surface area contributed by atoms with Gasteiger partial charge in [0.1, 0.15) is 5.82 Å². The Morgan fingerprint density at radius 3 is 2.44 bits per heavy atom. The van der Waals surface area contributed by atoms with Crippen LogP contribution in [0.5, 0.6) is 0 Å². The minimum absolute atomic E-state index is 0.109. The first-order chi connectivity index (χ1) is 7.58. The van der Waals surface area contributed by atoms with E-state index in [1.807, 2.05) is 0 Å². The maximum absolute atomic E-state index is 12.7. The highest BCUT2D eigenvalue weighted by molar-refractivity contribution is 5.65. The Morgan fingerprint density at radius 1 is 1.31 bits per heavy atom. The van der Waals surface area contributed by atoms with Gasteiger partial charge in [-0.2, -0.15) is 0 Å². The Bertz CT molecular complexity index is 393. The van der Waals surface area contributed by atoms with E-state index in [1.54, 1.807) is 12.1 Å². The van der Waals surface area contributed by atoms with E-state index in [9.17, 15) is 14.3 Å². The van der Waals surface area contributed by atoms with E-state index in [-0.39, 0.29) is 24.8 Å². The Balaban J connectivity index is 2.16. The van der Waals surface area contributed by atoms with Crippen molar-refractivity contribution < 1.29 is 19.4 Å². The number of likely N-dealkylation sites (tertiary alicyclic amines) is 1. The summed E-state index contributed by atoms with van der Waals surface area (Å²) >= 11 is 0. The molecule has 0 unspecified atom stereocenters. The summed E-state index contributed by atoms with van der Waals surface area (Å²) in [7, 11) is 0. The van der Waals surface area contributed by atoms with Crippen molar-refractivity contribution >= 4 is 6.09 Å². The molecule has 0 bridgehead atoms. The molecule has 86 valence electrons. The topological polar surface area (TPSA) is 60.8 Å². The molecule has 1 aliphatic heterocycles. The largest absolute Gasteiger partial charge is 0.465 e. The molecule has 2 atom stereocenters. The predicted molar refractivity (Wildman–Crippen MR) is 54.7 cm³/mol. The molecule has 1 aromatic rings. The zero-order chi connectivity index (χ0) is 11.7. The van der Waals surface area contributed by atoms with Crippen molar-refractivity contribution in [3.63, 3.8) is 0 Å². The number of aliphatic hydroxyl groups is 1. The van der Waals surface area contributed by atoms with Gasteiger partial charge < -0.3 is 15.1 Å². The molecule has 1 amide bonds. The van der Waals surface area contributed by atoms with E-state index in [0.717, 1.165) is 5.56 Å². The fourth-order valence-electron chi connectivity index (χ4n) is 1.98. The lowest BCUT2D eigenvalue weighted by Crippen LogP contribution is -2.27. The van der Waals surface area contributed by atoms with Crippen LogP contribution in [0.4, 0.5) is 9.18 Å². The maximum atomic E-state index is 12.7. The lowest BCUT2D eigenvalue weighted by Gasteiger charge is -2.13. The first-order valence-corrected chi connectivity index (χ1v) is 4.99. The van der Waals surface area contributed by atoms with Crippen molar-refractivity contribution in [1.82, 2.24) is 4.90 Å². The first-order valence-electron chi connectivity index (χ1n) is 4.99. The third-order valence-corrected chi connectivity index (χ3v) is 2.86. The second kappa shape index (κ2) is 4.09. The normalized spacial score (nSPS) is 24.8. The number of β-amino-alcohol motifs (C(OH)–C–C–N with tert-alkyl or cyclic N) is 1. The lowest BCUT2D eigenvalue weighted by atomic mass is 9.96. The van der Waals surface area contributed by atoms with Crippen molar-refractivity contribution in [2.75, 3.05) is 13.1 Å². The molecule has 2 rings (SSSR count). The van der Waals surface area contributed by atoms with Crippen LogP contribution in [-0.4, -0.2) is 40.4 Å². The summed E-state index contributed by atoms with van der Waals surface area (Å²) in [5, 5.41) is 18.5. The minimum Gasteiger partial charge on any atom is -0.465 e. The second-order valence-corrected chi connectivity index (χ2v) is 3.91. The van der Waals surface area contributed by atoms with Gasteiger partial charge >= 0.3 is 6.09 Å². The van der Waals surface area contributed by atoms with E-state index in [1.165, 1.54) is 17.0 Å². The number of hydrogen-bond donors (Lipinski definition) is 2. The molecule has 4 nitrogen and oxygen atoms in total. The monoisotopic (exact) mass is 225 g/mol. The molecule has 16 heavy (non-hydrogen) atoms. The highest BCUT2D eigenvalue weighted by atomic mass is 19.1. The molecular formula is C11H12FNO3. The fourth-order valence-corrected chi connectivity index (χ4v) is 1.98. The predicted octanol–water partition coefficient (Wildman–Crippen LogP) is 1.26. The van der Waals surface area contributed by atoms with Crippen molar-refractivity contribution in [3.05, 3.63) is 35.6 Å². The molecule has 5 heteroatoms. The first kappa shape index (κ1) is 10.9. The van der Waals surface area contributed by atoms with Gasteiger partial charge in [0, 0.05) is 12.5 Å². The third kappa shape index (κ3) is 1.99.